The number of unbranched alkanes of at least 4 members (excludes halogenated alkanes) is 2. The first-order valence-corrected chi connectivity index (χ1v) is 14.4. The molecule has 5 nitrogen and oxygen atoms in total. The Bertz CT molecular complexity index is 1400. The fraction of sp³-hybridized carbons (Fsp3) is 0.412. The number of carbonyl (C=O) groups excluding carboxylic acids is 1. The Kier molecular flexibility index (Phi) is 9.80. The van der Waals surface area contributed by atoms with E-state index in [1.807, 2.05) is 26.0 Å². The summed E-state index contributed by atoms with van der Waals surface area (Å²) in [6, 6.07) is 20.8. The zero-order valence-corrected chi connectivity index (χ0v) is 24.2. The summed E-state index contributed by atoms with van der Waals surface area (Å²) < 4.78 is 8.61. The lowest BCUT2D eigenvalue weighted by molar-refractivity contribution is 0.0952. The Labute approximate surface area is 233 Å². The topological polar surface area (TPSA) is 56.2 Å². The minimum absolute atomic E-state index is 0.0164. The molecule has 0 unspecified atom stereocenters. The molecule has 0 aliphatic heterocycles. The van der Waals surface area contributed by atoms with E-state index in [2.05, 4.69) is 79.2 Å². The van der Waals surface area contributed by atoms with Crippen molar-refractivity contribution >= 4 is 16.9 Å². The average Bonchev–Trinajstić information content (AvgIpc) is 3.25. The number of hydrogen-bond acceptors (Lipinski definition) is 3. The quantitative estimate of drug-likeness (QED) is 0.182. The predicted molar refractivity (Wildman–Crippen MR) is 161 cm³/mol. The number of amides is 1. The summed E-state index contributed by atoms with van der Waals surface area (Å²) in [4.78, 5) is 17.5. The standard InChI is InChI=1S/C34H43N3O2/c1-24(2)28-17-15-26(4)23-32(28)39-21-11-20-37-31-13-9-8-12-30(31)36-33(37)14-7-6-10-19-35-34(38)29-18-16-25(3)22-27(29)5/h8-9,12-13,15-18,22-24H,6-7,10-11,14,19-21H2,1-5H3,(H,35,38). The van der Waals surface area contributed by atoms with E-state index in [0.29, 0.717) is 19.1 Å². The number of benzene rings is 3. The van der Waals surface area contributed by atoms with Crippen LogP contribution in [0.5, 0.6) is 5.75 Å². The molecule has 0 saturated heterocycles. The molecule has 3 aromatic carbocycles. The van der Waals surface area contributed by atoms with Gasteiger partial charge in [-0.3, -0.25) is 4.79 Å². The van der Waals surface area contributed by atoms with Crippen LogP contribution in [-0.4, -0.2) is 28.6 Å². The number of aromatic nitrogens is 2. The van der Waals surface area contributed by atoms with Crippen molar-refractivity contribution in [2.24, 2.45) is 0 Å². The number of aryl methyl sites for hydroxylation is 5. The van der Waals surface area contributed by atoms with Gasteiger partial charge in [0.2, 0.25) is 0 Å². The molecule has 1 heterocycles. The molecule has 206 valence electrons. The molecule has 1 N–H and O–H groups in total. The van der Waals surface area contributed by atoms with Gasteiger partial charge in [-0.1, -0.05) is 62.2 Å². The molecule has 0 spiro atoms. The van der Waals surface area contributed by atoms with E-state index in [1.165, 1.54) is 22.2 Å². The van der Waals surface area contributed by atoms with Crippen LogP contribution in [0.2, 0.25) is 0 Å². The van der Waals surface area contributed by atoms with Crippen LogP contribution in [0.4, 0.5) is 0 Å². The predicted octanol–water partition coefficient (Wildman–Crippen LogP) is 7.70. The van der Waals surface area contributed by atoms with Gasteiger partial charge in [-0.05, 0) is 86.9 Å². The number of nitrogens with one attached hydrogen (secondary N) is 1. The van der Waals surface area contributed by atoms with Crippen LogP contribution < -0.4 is 10.1 Å². The summed E-state index contributed by atoms with van der Waals surface area (Å²) in [5, 5.41) is 3.08. The van der Waals surface area contributed by atoms with Crippen LogP contribution in [-0.2, 0) is 13.0 Å². The van der Waals surface area contributed by atoms with Crippen molar-refractivity contribution in [1.29, 1.82) is 0 Å². The summed E-state index contributed by atoms with van der Waals surface area (Å²) in [7, 11) is 0. The Morgan fingerprint density at radius 3 is 2.49 bits per heavy atom. The molecule has 4 aromatic rings. The lowest BCUT2D eigenvalue weighted by atomic mass is 10.0. The Hall–Kier alpha value is -3.60. The van der Waals surface area contributed by atoms with Crippen molar-refractivity contribution in [2.45, 2.75) is 79.2 Å². The first-order valence-electron chi connectivity index (χ1n) is 14.4. The maximum absolute atomic E-state index is 12.5. The van der Waals surface area contributed by atoms with E-state index < -0.39 is 0 Å². The molecular formula is C34H43N3O2. The Balaban J connectivity index is 1.27. The summed E-state index contributed by atoms with van der Waals surface area (Å²) in [5.74, 6) is 2.59. The first kappa shape index (κ1) is 28.4. The van der Waals surface area contributed by atoms with Gasteiger partial charge in [0, 0.05) is 25.1 Å². The number of para-hydroxylation sites is 2. The third-order valence-corrected chi connectivity index (χ3v) is 7.30. The number of fused-ring (bicyclic) bond motifs is 1. The lowest BCUT2D eigenvalue weighted by Gasteiger charge is -2.15. The molecule has 39 heavy (non-hydrogen) atoms. The van der Waals surface area contributed by atoms with Gasteiger partial charge in [-0.15, -0.1) is 0 Å². The van der Waals surface area contributed by atoms with Crippen LogP contribution in [0.3, 0.4) is 0 Å². The van der Waals surface area contributed by atoms with Crippen molar-refractivity contribution in [3.05, 3.63) is 94.3 Å². The molecule has 0 atom stereocenters. The molecule has 0 fully saturated rings. The van der Waals surface area contributed by atoms with Crippen LogP contribution in [0.1, 0.15) is 83.9 Å². The number of imidazole rings is 1. The van der Waals surface area contributed by atoms with E-state index in [0.717, 1.165) is 66.9 Å². The fourth-order valence-corrected chi connectivity index (χ4v) is 5.16. The van der Waals surface area contributed by atoms with Crippen molar-refractivity contribution in [2.75, 3.05) is 13.2 Å². The summed E-state index contributed by atoms with van der Waals surface area (Å²) in [6.45, 7) is 12.8. The second-order valence-corrected chi connectivity index (χ2v) is 11.0. The van der Waals surface area contributed by atoms with Crippen LogP contribution in [0.15, 0.2) is 60.7 Å². The van der Waals surface area contributed by atoms with Gasteiger partial charge in [0.25, 0.3) is 5.91 Å². The van der Waals surface area contributed by atoms with E-state index >= 15 is 0 Å². The minimum atomic E-state index is 0.0164. The van der Waals surface area contributed by atoms with Crippen LogP contribution in [0.25, 0.3) is 11.0 Å². The summed E-state index contributed by atoms with van der Waals surface area (Å²) in [6.07, 6.45) is 4.89. The monoisotopic (exact) mass is 525 g/mol. The molecule has 1 aromatic heterocycles. The highest BCUT2D eigenvalue weighted by atomic mass is 16.5. The lowest BCUT2D eigenvalue weighted by Crippen LogP contribution is -2.25. The molecule has 1 amide bonds. The van der Waals surface area contributed by atoms with Crippen molar-refractivity contribution in [1.82, 2.24) is 14.9 Å². The van der Waals surface area contributed by atoms with E-state index in [-0.39, 0.29) is 5.91 Å². The fourth-order valence-electron chi connectivity index (χ4n) is 5.16. The second-order valence-electron chi connectivity index (χ2n) is 11.0. The zero-order chi connectivity index (χ0) is 27.8. The third kappa shape index (κ3) is 7.50. The van der Waals surface area contributed by atoms with Gasteiger partial charge in [0.15, 0.2) is 0 Å². The first-order chi connectivity index (χ1) is 18.8. The molecular weight excluding hydrogens is 482 g/mol. The Morgan fingerprint density at radius 1 is 0.923 bits per heavy atom. The van der Waals surface area contributed by atoms with E-state index in [1.54, 1.807) is 0 Å². The van der Waals surface area contributed by atoms with Crippen LogP contribution >= 0.6 is 0 Å². The number of ether oxygens (including phenoxy) is 1. The third-order valence-electron chi connectivity index (χ3n) is 7.30. The molecule has 5 heteroatoms. The average molecular weight is 526 g/mol. The van der Waals surface area contributed by atoms with Gasteiger partial charge in [0.1, 0.15) is 11.6 Å². The van der Waals surface area contributed by atoms with Crippen molar-refractivity contribution < 1.29 is 9.53 Å². The van der Waals surface area contributed by atoms with Crippen molar-refractivity contribution in [3.8, 4) is 5.75 Å². The molecule has 0 bridgehead atoms. The zero-order valence-electron chi connectivity index (χ0n) is 24.2. The van der Waals surface area contributed by atoms with Gasteiger partial charge >= 0.3 is 0 Å². The largest absolute Gasteiger partial charge is 0.493 e. The number of nitrogens with zero attached hydrogens (tertiary/aromatic N) is 2. The molecule has 0 saturated carbocycles. The van der Waals surface area contributed by atoms with Gasteiger partial charge in [-0.2, -0.15) is 0 Å². The highest BCUT2D eigenvalue weighted by Crippen LogP contribution is 2.28. The second kappa shape index (κ2) is 13.5. The number of hydrogen-bond donors (Lipinski definition) is 1. The van der Waals surface area contributed by atoms with Crippen molar-refractivity contribution in [3.63, 3.8) is 0 Å². The maximum Gasteiger partial charge on any atom is 0.251 e. The smallest absolute Gasteiger partial charge is 0.251 e. The van der Waals surface area contributed by atoms with Gasteiger partial charge in [-0.25, -0.2) is 4.98 Å². The van der Waals surface area contributed by atoms with E-state index in [9.17, 15) is 4.79 Å². The minimum Gasteiger partial charge on any atom is -0.493 e. The molecule has 4 rings (SSSR count). The molecule has 0 aliphatic rings. The van der Waals surface area contributed by atoms with Crippen LogP contribution in [0, 0.1) is 20.8 Å². The van der Waals surface area contributed by atoms with Gasteiger partial charge < -0.3 is 14.6 Å². The highest BCUT2D eigenvalue weighted by Gasteiger charge is 2.12. The Morgan fingerprint density at radius 2 is 1.69 bits per heavy atom. The SMILES string of the molecule is Cc1ccc(C(=O)NCCCCCc2nc3ccccc3n2CCCOc2cc(C)ccc2C(C)C)c(C)c1. The number of rotatable bonds is 13. The molecule has 0 aliphatic carbocycles. The molecule has 0 radical (unpaired) electrons. The summed E-state index contributed by atoms with van der Waals surface area (Å²) >= 11 is 0. The number of carbonyl (C=O) groups is 1. The maximum atomic E-state index is 12.5. The van der Waals surface area contributed by atoms with E-state index in [4.69, 9.17) is 9.72 Å². The highest BCUT2D eigenvalue weighted by molar-refractivity contribution is 5.95. The normalized spacial score (nSPS) is 11.3. The summed E-state index contributed by atoms with van der Waals surface area (Å²) in [5.41, 5.74) is 7.69. The van der Waals surface area contributed by atoms with Gasteiger partial charge in [0.05, 0.1) is 17.6 Å².